The van der Waals surface area contributed by atoms with Crippen LogP contribution in [-0.2, 0) is 0 Å². The number of aromatic nitrogens is 3. The summed E-state index contributed by atoms with van der Waals surface area (Å²) in [5, 5.41) is 5.01. The van der Waals surface area contributed by atoms with Crippen LogP contribution in [0.4, 0.5) is 0 Å². The van der Waals surface area contributed by atoms with E-state index in [1.54, 1.807) is 42.6 Å². The summed E-state index contributed by atoms with van der Waals surface area (Å²) in [5.74, 6) is -0.498. The fraction of sp³-hybridized carbons (Fsp3) is 0. The number of benzene rings is 2. The molecule has 2 heterocycles. The van der Waals surface area contributed by atoms with Crippen molar-refractivity contribution in [1.82, 2.24) is 14.8 Å². The minimum absolute atomic E-state index is 0.239. The number of rotatable bonds is 3. The number of amides is 1. The summed E-state index contributed by atoms with van der Waals surface area (Å²) >= 11 is 0. The zero-order valence-corrected chi connectivity index (χ0v) is 13.7. The van der Waals surface area contributed by atoms with Crippen molar-refractivity contribution in [2.24, 2.45) is 5.73 Å². The highest BCUT2D eigenvalue weighted by Gasteiger charge is 2.14. The van der Waals surface area contributed by atoms with Crippen molar-refractivity contribution in [1.29, 1.82) is 0 Å². The maximum Gasteiger partial charge on any atom is 0.280 e. The van der Waals surface area contributed by atoms with Gasteiger partial charge in [-0.25, -0.2) is 0 Å². The van der Waals surface area contributed by atoms with Crippen LogP contribution in [0.5, 0.6) is 0 Å². The maximum atomic E-state index is 12.9. The molecule has 126 valence electrons. The minimum Gasteiger partial charge on any atom is -0.366 e. The van der Waals surface area contributed by atoms with E-state index in [2.05, 4.69) is 10.1 Å². The monoisotopic (exact) mass is 342 g/mol. The molecule has 0 aliphatic heterocycles. The Bertz CT molecular complexity index is 1170. The van der Waals surface area contributed by atoms with E-state index < -0.39 is 5.91 Å². The molecule has 6 heteroatoms. The van der Waals surface area contributed by atoms with Gasteiger partial charge in [0.1, 0.15) is 11.2 Å². The average Bonchev–Trinajstić information content (AvgIpc) is 2.69. The Labute approximate surface area is 148 Å². The number of fused-ring (bicyclic) bond motifs is 1. The lowest BCUT2D eigenvalue weighted by atomic mass is 10.1. The summed E-state index contributed by atoms with van der Waals surface area (Å²) in [6.45, 7) is 0. The summed E-state index contributed by atoms with van der Waals surface area (Å²) in [6.07, 6.45) is 1.62. The highest BCUT2D eigenvalue weighted by molar-refractivity contribution is 5.94. The number of nitrogens with two attached hydrogens (primary N) is 1. The van der Waals surface area contributed by atoms with Crippen LogP contribution in [0.3, 0.4) is 0 Å². The van der Waals surface area contributed by atoms with Crippen LogP contribution in [0.15, 0.2) is 77.7 Å². The largest absolute Gasteiger partial charge is 0.366 e. The van der Waals surface area contributed by atoms with Crippen molar-refractivity contribution in [2.45, 2.75) is 0 Å². The predicted molar refractivity (Wildman–Crippen MR) is 99.1 cm³/mol. The van der Waals surface area contributed by atoms with E-state index in [1.165, 1.54) is 4.68 Å². The zero-order chi connectivity index (χ0) is 18.1. The Morgan fingerprint density at radius 3 is 2.35 bits per heavy atom. The van der Waals surface area contributed by atoms with E-state index >= 15 is 0 Å². The molecule has 6 nitrogen and oxygen atoms in total. The molecule has 4 aromatic rings. The smallest absolute Gasteiger partial charge is 0.280 e. The molecule has 0 aliphatic rings. The molecule has 2 aromatic heterocycles. The van der Waals surface area contributed by atoms with Gasteiger partial charge in [0, 0.05) is 17.3 Å². The van der Waals surface area contributed by atoms with Crippen LogP contribution in [0.25, 0.3) is 27.8 Å². The van der Waals surface area contributed by atoms with Gasteiger partial charge < -0.3 is 5.73 Å². The normalized spacial score (nSPS) is 10.8. The molecule has 0 spiro atoms. The van der Waals surface area contributed by atoms with Gasteiger partial charge in [0.25, 0.3) is 5.56 Å². The topological polar surface area (TPSA) is 90.9 Å². The van der Waals surface area contributed by atoms with Gasteiger partial charge in [-0.2, -0.15) is 9.78 Å². The summed E-state index contributed by atoms with van der Waals surface area (Å²) in [6, 6.07) is 19.4. The predicted octanol–water partition coefficient (Wildman–Crippen LogP) is 2.55. The number of hydrogen-bond acceptors (Lipinski definition) is 4. The van der Waals surface area contributed by atoms with Gasteiger partial charge >= 0.3 is 0 Å². The fourth-order valence-electron chi connectivity index (χ4n) is 2.80. The van der Waals surface area contributed by atoms with Gasteiger partial charge in [-0.3, -0.25) is 14.6 Å². The van der Waals surface area contributed by atoms with Crippen molar-refractivity contribution in [3.8, 4) is 16.9 Å². The van der Waals surface area contributed by atoms with E-state index in [0.29, 0.717) is 27.8 Å². The first-order valence-corrected chi connectivity index (χ1v) is 7.99. The van der Waals surface area contributed by atoms with Crippen molar-refractivity contribution >= 4 is 16.8 Å². The number of nitrogens with zero attached hydrogens (tertiary/aromatic N) is 3. The number of pyridine rings is 1. The van der Waals surface area contributed by atoms with Crippen molar-refractivity contribution in [3.63, 3.8) is 0 Å². The molecule has 0 unspecified atom stereocenters. The van der Waals surface area contributed by atoms with Crippen LogP contribution >= 0.6 is 0 Å². The molecule has 2 aromatic carbocycles. The third kappa shape index (κ3) is 2.63. The molecule has 4 rings (SSSR count). The number of hydrogen-bond donors (Lipinski definition) is 1. The highest BCUT2D eigenvalue weighted by Crippen LogP contribution is 2.24. The van der Waals surface area contributed by atoms with Crippen LogP contribution in [-0.4, -0.2) is 20.7 Å². The molecule has 0 atom stereocenters. The molecule has 0 saturated heterocycles. The van der Waals surface area contributed by atoms with Crippen molar-refractivity contribution < 1.29 is 4.79 Å². The lowest BCUT2D eigenvalue weighted by Crippen LogP contribution is -2.22. The molecule has 2 N–H and O–H groups in total. The molecule has 0 saturated carbocycles. The maximum absolute atomic E-state index is 12.9. The zero-order valence-electron chi connectivity index (χ0n) is 13.7. The second-order valence-corrected chi connectivity index (χ2v) is 5.74. The second kappa shape index (κ2) is 6.25. The van der Waals surface area contributed by atoms with Crippen LogP contribution in [0.1, 0.15) is 10.4 Å². The lowest BCUT2D eigenvalue weighted by Gasteiger charge is -2.10. The molecule has 1 amide bonds. The third-order valence-electron chi connectivity index (χ3n) is 4.10. The van der Waals surface area contributed by atoms with E-state index in [-0.39, 0.29) is 5.56 Å². The van der Waals surface area contributed by atoms with Gasteiger partial charge in [-0.05, 0) is 36.4 Å². The lowest BCUT2D eigenvalue weighted by molar-refractivity contribution is 0.100. The highest BCUT2D eigenvalue weighted by atomic mass is 16.1. The summed E-state index contributed by atoms with van der Waals surface area (Å²) in [7, 11) is 0. The van der Waals surface area contributed by atoms with E-state index in [9.17, 15) is 9.59 Å². The molecule has 0 bridgehead atoms. The van der Waals surface area contributed by atoms with Crippen molar-refractivity contribution in [2.75, 3.05) is 0 Å². The molecule has 26 heavy (non-hydrogen) atoms. The van der Waals surface area contributed by atoms with E-state index in [0.717, 1.165) is 5.56 Å². The first-order valence-electron chi connectivity index (χ1n) is 7.99. The van der Waals surface area contributed by atoms with Gasteiger partial charge in [-0.15, -0.1) is 0 Å². The van der Waals surface area contributed by atoms with Gasteiger partial charge in [0.2, 0.25) is 5.91 Å². The Morgan fingerprint density at radius 1 is 0.923 bits per heavy atom. The first kappa shape index (κ1) is 15.7. The number of primary amides is 1. The molecular weight excluding hydrogens is 328 g/mol. The number of para-hydroxylation sites is 1. The Morgan fingerprint density at radius 2 is 1.65 bits per heavy atom. The first-order chi connectivity index (χ1) is 12.6. The van der Waals surface area contributed by atoms with Gasteiger partial charge in [0.05, 0.1) is 11.1 Å². The Kier molecular flexibility index (Phi) is 3.78. The Balaban J connectivity index is 2.01. The number of carbonyl (C=O) groups excluding carboxylic acids is 1. The molecular formula is C20H14N4O2. The molecule has 0 aliphatic carbocycles. The molecule has 0 radical (unpaired) electrons. The van der Waals surface area contributed by atoms with E-state index in [1.807, 2.05) is 30.3 Å². The third-order valence-corrected chi connectivity index (χ3v) is 4.10. The fourth-order valence-corrected chi connectivity index (χ4v) is 2.80. The van der Waals surface area contributed by atoms with Gasteiger partial charge in [-0.1, -0.05) is 30.3 Å². The van der Waals surface area contributed by atoms with Crippen LogP contribution in [0.2, 0.25) is 0 Å². The Hall–Kier alpha value is -3.80. The van der Waals surface area contributed by atoms with Crippen LogP contribution in [0, 0.1) is 0 Å². The van der Waals surface area contributed by atoms with E-state index in [4.69, 9.17) is 5.73 Å². The number of carbonyl (C=O) groups is 1. The van der Waals surface area contributed by atoms with Gasteiger partial charge in [0.15, 0.2) is 0 Å². The second-order valence-electron chi connectivity index (χ2n) is 5.74. The summed E-state index contributed by atoms with van der Waals surface area (Å²) in [4.78, 5) is 28.5. The van der Waals surface area contributed by atoms with Crippen LogP contribution < -0.4 is 11.3 Å². The van der Waals surface area contributed by atoms with Crippen molar-refractivity contribution in [3.05, 3.63) is 88.8 Å². The molecule has 0 fully saturated rings. The quantitative estimate of drug-likeness (QED) is 0.619. The SMILES string of the molecule is NC(=O)c1ccc(-c2nn(-c3ccccc3)c(=O)c3cccnc23)cc1. The summed E-state index contributed by atoms with van der Waals surface area (Å²) < 4.78 is 1.36. The summed E-state index contributed by atoms with van der Waals surface area (Å²) in [5.41, 5.74) is 7.94. The average molecular weight is 342 g/mol. The standard InChI is InChI=1S/C20H14N4O2/c21-19(25)14-10-8-13(9-11-14)17-18-16(7-4-12-22-18)20(26)24(23-17)15-5-2-1-3-6-15/h1-12H,(H2,21,25). The minimum atomic E-state index is -0.498.